The van der Waals surface area contributed by atoms with Crippen molar-refractivity contribution in [1.82, 2.24) is 14.7 Å². The summed E-state index contributed by atoms with van der Waals surface area (Å²) in [4.78, 5) is 18.5. The van der Waals surface area contributed by atoms with Gasteiger partial charge in [-0.1, -0.05) is 24.6 Å². The number of amides is 1. The molecule has 0 N–H and O–H groups in total. The fraction of sp³-hybridized carbons (Fsp3) is 0.650. The number of piperazine rings is 1. The van der Waals surface area contributed by atoms with Crippen molar-refractivity contribution in [2.75, 3.05) is 52.4 Å². The van der Waals surface area contributed by atoms with Gasteiger partial charge in [-0.3, -0.25) is 14.6 Å². The van der Waals surface area contributed by atoms with E-state index in [4.69, 9.17) is 4.74 Å². The maximum Gasteiger partial charge on any atom is 0.219 e. The molecule has 0 radical (unpaired) electrons. The standard InChI is InChI=1S/C20H31N3O2/c1-16-4-6-19(7-5-16)25-13-12-21-14-17(2)20(15-21)23-10-8-22(9-11-23)18(3)24/h4-7,17,20H,8-15H2,1-3H3/t17-,20-/m0/s1. The lowest BCUT2D eigenvalue weighted by molar-refractivity contribution is -0.130. The highest BCUT2D eigenvalue weighted by atomic mass is 16.5. The molecule has 2 saturated heterocycles. The molecule has 138 valence electrons. The molecule has 25 heavy (non-hydrogen) atoms. The minimum atomic E-state index is 0.203. The Bertz CT molecular complexity index is 567. The van der Waals surface area contributed by atoms with Gasteiger partial charge in [-0.2, -0.15) is 0 Å². The highest BCUT2D eigenvalue weighted by Crippen LogP contribution is 2.23. The number of rotatable bonds is 5. The zero-order valence-electron chi connectivity index (χ0n) is 15.8. The van der Waals surface area contributed by atoms with Crippen molar-refractivity contribution in [3.05, 3.63) is 29.8 Å². The largest absolute Gasteiger partial charge is 0.492 e. The van der Waals surface area contributed by atoms with Crippen LogP contribution in [0, 0.1) is 12.8 Å². The smallest absolute Gasteiger partial charge is 0.219 e. The van der Waals surface area contributed by atoms with Gasteiger partial charge >= 0.3 is 0 Å². The number of nitrogens with zero attached hydrogens (tertiary/aromatic N) is 3. The second-order valence-corrected chi connectivity index (χ2v) is 7.51. The molecule has 5 heteroatoms. The first-order valence-corrected chi connectivity index (χ1v) is 9.44. The third kappa shape index (κ3) is 4.73. The lowest BCUT2D eigenvalue weighted by Gasteiger charge is -2.39. The summed E-state index contributed by atoms with van der Waals surface area (Å²) in [6.07, 6.45) is 0. The van der Waals surface area contributed by atoms with Gasteiger partial charge in [0.15, 0.2) is 0 Å². The van der Waals surface area contributed by atoms with Crippen LogP contribution in [0.2, 0.25) is 0 Å². The van der Waals surface area contributed by atoms with Crippen molar-refractivity contribution >= 4 is 5.91 Å². The molecule has 2 aliphatic heterocycles. The number of carbonyl (C=O) groups is 1. The third-order valence-corrected chi connectivity index (χ3v) is 5.57. The summed E-state index contributed by atoms with van der Waals surface area (Å²) in [5, 5.41) is 0. The van der Waals surface area contributed by atoms with Gasteiger partial charge in [0.05, 0.1) is 0 Å². The van der Waals surface area contributed by atoms with Crippen LogP contribution in [-0.2, 0) is 4.79 Å². The van der Waals surface area contributed by atoms with Crippen molar-refractivity contribution in [3.63, 3.8) is 0 Å². The molecule has 0 saturated carbocycles. The Kier molecular flexibility index (Phi) is 5.97. The summed E-state index contributed by atoms with van der Waals surface area (Å²) >= 11 is 0. The molecule has 2 aliphatic rings. The molecular formula is C20H31N3O2. The van der Waals surface area contributed by atoms with E-state index in [1.54, 1.807) is 6.92 Å². The molecule has 0 spiro atoms. The molecule has 0 unspecified atom stereocenters. The van der Waals surface area contributed by atoms with Gasteiger partial charge in [-0.05, 0) is 25.0 Å². The first-order chi connectivity index (χ1) is 12.0. The molecular weight excluding hydrogens is 314 g/mol. The number of carbonyl (C=O) groups excluding carboxylic acids is 1. The van der Waals surface area contributed by atoms with E-state index >= 15 is 0 Å². The maximum atomic E-state index is 11.5. The van der Waals surface area contributed by atoms with E-state index in [1.165, 1.54) is 5.56 Å². The van der Waals surface area contributed by atoms with Crippen molar-refractivity contribution in [1.29, 1.82) is 0 Å². The van der Waals surface area contributed by atoms with E-state index in [1.807, 2.05) is 17.0 Å². The van der Waals surface area contributed by atoms with Crippen molar-refractivity contribution < 1.29 is 9.53 Å². The second-order valence-electron chi connectivity index (χ2n) is 7.51. The Balaban J connectivity index is 1.42. The van der Waals surface area contributed by atoms with E-state index in [2.05, 4.69) is 35.8 Å². The number of ether oxygens (including phenoxy) is 1. The SMILES string of the molecule is CC(=O)N1CCN([C@H]2CN(CCOc3ccc(C)cc3)C[C@@H]2C)CC1. The van der Waals surface area contributed by atoms with Crippen LogP contribution in [-0.4, -0.2) is 79.1 Å². The molecule has 1 aromatic rings. The van der Waals surface area contributed by atoms with Crippen molar-refractivity contribution in [2.45, 2.75) is 26.8 Å². The first kappa shape index (κ1) is 18.2. The molecule has 2 fully saturated rings. The fourth-order valence-electron chi connectivity index (χ4n) is 4.00. The van der Waals surface area contributed by atoms with E-state index in [-0.39, 0.29) is 5.91 Å². The van der Waals surface area contributed by atoms with Crippen LogP contribution >= 0.6 is 0 Å². The number of hydrogen-bond acceptors (Lipinski definition) is 4. The van der Waals surface area contributed by atoms with Crippen LogP contribution < -0.4 is 4.74 Å². The third-order valence-electron chi connectivity index (χ3n) is 5.57. The van der Waals surface area contributed by atoms with Gasteiger partial charge in [0.1, 0.15) is 12.4 Å². The average molecular weight is 345 g/mol. The van der Waals surface area contributed by atoms with Gasteiger partial charge in [0.25, 0.3) is 0 Å². The lowest BCUT2D eigenvalue weighted by atomic mass is 10.0. The van der Waals surface area contributed by atoms with Crippen LogP contribution in [0.25, 0.3) is 0 Å². The highest BCUT2D eigenvalue weighted by molar-refractivity contribution is 5.73. The first-order valence-electron chi connectivity index (χ1n) is 9.44. The predicted octanol–water partition coefficient (Wildman–Crippen LogP) is 1.86. The molecule has 5 nitrogen and oxygen atoms in total. The molecule has 0 aromatic heterocycles. The number of hydrogen-bond donors (Lipinski definition) is 0. The summed E-state index contributed by atoms with van der Waals surface area (Å²) in [5.41, 5.74) is 1.26. The number of benzene rings is 1. The van der Waals surface area contributed by atoms with Crippen LogP contribution in [0.4, 0.5) is 0 Å². The van der Waals surface area contributed by atoms with Gasteiger partial charge in [0.2, 0.25) is 5.91 Å². The van der Waals surface area contributed by atoms with Crippen molar-refractivity contribution in [3.8, 4) is 5.75 Å². The average Bonchev–Trinajstić information content (AvgIpc) is 2.97. The highest BCUT2D eigenvalue weighted by Gasteiger charge is 2.35. The molecule has 2 heterocycles. The van der Waals surface area contributed by atoms with Crippen LogP contribution in [0.1, 0.15) is 19.4 Å². The summed E-state index contributed by atoms with van der Waals surface area (Å²) in [6.45, 7) is 13.8. The van der Waals surface area contributed by atoms with Gasteiger partial charge in [-0.15, -0.1) is 0 Å². The number of likely N-dealkylation sites (tertiary alicyclic amines) is 1. The summed E-state index contributed by atoms with van der Waals surface area (Å²) in [7, 11) is 0. The Morgan fingerprint density at radius 2 is 1.80 bits per heavy atom. The summed E-state index contributed by atoms with van der Waals surface area (Å²) in [5.74, 6) is 1.83. The van der Waals surface area contributed by atoms with E-state index < -0.39 is 0 Å². The Labute approximate surface area is 151 Å². The minimum absolute atomic E-state index is 0.203. The molecule has 3 rings (SSSR count). The van der Waals surface area contributed by atoms with E-state index in [0.29, 0.717) is 12.0 Å². The molecule has 1 amide bonds. The Morgan fingerprint density at radius 3 is 2.44 bits per heavy atom. The number of aryl methyl sites for hydroxylation is 1. The second kappa shape index (κ2) is 8.19. The molecule has 0 aliphatic carbocycles. The molecule has 1 aromatic carbocycles. The monoisotopic (exact) mass is 345 g/mol. The predicted molar refractivity (Wildman–Crippen MR) is 99.9 cm³/mol. The minimum Gasteiger partial charge on any atom is -0.492 e. The van der Waals surface area contributed by atoms with Crippen LogP contribution in [0.15, 0.2) is 24.3 Å². The quantitative estimate of drug-likeness (QED) is 0.816. The normalized spacial score (nSPS) is 25.3. The van der Waals surface area contributed by atoms with E-state index in [0.717, 1.165) is 58.2 Å². The van der Waals surface area contributed by atoms with Crippen LogP contribution in [0.3, 0.4) is 0 Å². The zero-order chi connectivity index (χ0) is 17.8. The lowest BCUT2D eigenvalue weighted by Crippen LogP contribution is -2.53. The summed E-state index contributed by atoms with van der Waals surface area (Å²) < 4.78 is 5.88. The fourth-order valence-corrected chi connectivity index (χ4v) is 4.00. The van der Waals surface area contributed by atoms with Crippen molar-refractivity contribution in [2.24, 2.45) is 5.92 Å². The van der Waals surface area contributed by atoms with E-state index in [9.17, 15) is 4.79 Å². The van der Waals surface area contributed by atoms with Gasteiger partial charge < -0.3 is 9.64 Å². The van der Waals surface area contributed by atoms with Gasteiger partial charge in [-0.25, -0.2) is 0 Å². The zero-order valence-corrected chi connectivity index (χ0v) is 15.8. The Morgan fingerprint density at radius 1 is 1.12 bits per heavy atom. The summed E-state index contributed by atoms with van der Waals surface area (Å²) in [6, 6.07) is 8.86. The molecule has 0 bridgehead atoms. The van der Waals surface area contributed by atoms with Crippen LogP contribution in [0.5, 0.6) is 5.75 Å². The maximum absolute atomic E-state index is 11.5. The molecule has 2 atom stereocenters. The Hall–Kier alpha value is -1.59. The topological polar surface area (TPSA) is 36.0 Å². The van der Waals surface area contributed by atoms with Gasteiger partial charge in [0, 0.05) is 58.8 Å².